The molecule has 0 aliphatic rings. The van der Waals surface area contributed by atoms with E-state index < -0.39 is 0 Å². The zero-order valence-corrected chi connectivity index (χ0v) is 10.4. The number of hydrazine groups is 1. The monoisotopic (exact) mass is 201 g/mol. The highest BCUT2D eigenvalue weighted by molar-refractivity contribution is 4.95. The molecule has 1 atom stereocenters. The molecule has 0 radical (unpaired) electrons. The highest BCUT2D eigenvalue weighted by Gasteiger charge is 2.36. The molecule has 0 aromatic heterocycles. The second kappa shape index (κ2) is 6.38. The van der Waals surface area contributed by atoms with E-state index in [4.69, 9.17) is 5.84 Å². The van der Waals surface area contributed by atoms with E-state index in [1.165, 1.54) is 0 Å². The molecule has 0 bridgehead atoms. The smallest absolute Gasteiger partial charge is 0.0367 e. The van der Waals surface area contributed by atoms with Gasteiger partial charge in [-0.3, -0.25) is 16.2 Å². The third-order valence-electron chi connectivity index (χ3n) is 3.67. The van der Waals surface area contributed by atoms with Crippen molar-refractivity contribution in [2.45, 2.75) is 59.0 Å². The van der Waals surface area contributed by atoms with Crippen LogP contribution < -0.4 is 11.3 Å². The largest absolute Gasteiger partial charge is 0.297 e. The Morgan fingerprint density at radius 2 is 1.57 bits per heavy atom. The van der Waals surface area contributed by atoms with Gasteiger partial charge in [-0.1, -0.05) is 27.7 Å². The Bertz CT molecular complexity index is 139. The van der Waals surface area contributed by atoms with Crippen LogP contribution in [0, 0.1) is 0 Å². The van der Waals surface area contributed by atoms with Gasteiger partial charge in [0.05, 0.1) is 0 Å². The van der Waals surface area contributed by atoms with E-state index in [0.29, 0.717) is 6.04 Å². The van der Waals surface area contributed by atoms with Crippen molar-refractivity contribution in [3.63, 3.8) is 0 Å². The molecule has 0 aromatic carbocycles. The van der Waals surface area contributed by atoms with Gasteiger partial charge in [-0.2, -0.15) is 0 Å². The summed E-state index contributed by atoms with van der Waals surface area (Å²) in [5, 5.41) is 0. The average Bonchev–Trinajstić information content (AvgIpc) is 2.25. The van der Waals surface area contributed by atoms with Gasteiger partial charge >= 0.3 is 0 Å². The van der Waals surface area contributed by atoms with Crippen LogP contribution in [-0.4, -0.2) is 29.6 Å². The van der Waals surface area contributed by atoms with Crippen molar-refractivity contribution in [2.24, 2.45) is 5.84 Å². The fourth-order valence-electron chi connectivity index (χ4n) is 2.59. The summed E-state index contributed by atoms with van der Waals surface area (Å²) < 4.78 is 0. The normalized spacial score (nSPS) is 14.8. The predicted octanol–water partition coefficient (Wildman–Crippen LogP) is 1.74. The minimum Gasteiger partial charge on any atom is -0.297 e. The molecule has 0 rings (SSSR count). The summed E-state index contributed by atoms with van der Waals surface area (Å²) in [5.74, 6) is 5.58. The van der Waals surface area contributed by atoms with Crippen LogP contribution in [-0.2, 0) is 0 Å². The summed E-state index contributed by atoms with van der Waals surface area (Å²) in [4.78, 5) is 2.51. The molecule has 3 nitrogen and oxygen atoms in total. The number of rotatable bonds is 7. The van der Waals surface area contributed by atoms with Crippen LogP contribution in [0.1, 0.15) is 47.5 Å². The van der Waals surface area contributed by atoms with Crippen LogP contribution in [0.5, 0.6) is 0 Å². The van der Waals surface area contributed by atoms with Crippen LogP contribution in [0.25, 0.3) is 0 Å². The van der Waals surface area contributed by atoms with Crippen molar-refractivity contribution in [1.29, 1.82) is 0 Å². The molecule has 86 valence electrons. The summed E-state index contributed by atoms with van der Waals surface area (Å²) in [6, 6.07) is 0.331. The Balaban J connectivity index is 4.83. The van der Waals surface area contributed by atoms with Crippen molar-refractivity contribution >= 4 is 0 Å². The summed E-state index contributed by atoms with van der Waals surface area (Å²) >= 11 is 0. The van der Waals surface area contributed by atoms with Gasteiger partial charge in [0.25, 0.3) is 0 Å². The third-order valence-corrected chi connectivity index (χ3v) is 3.67. The highest BCUT2D eigenvalue weighted by atomic mass is 15.3. The zero-order valence-electron chi connectivity index (χ0n) is 10.4. The Labute approximate surface area is 89.0 Å². The number of hydrogen-bond acceptors (Lipinski definition) is 3. The molecule has 3 N–H and O–H groups in total. The number of nitrogens with one attached hydrogen (secondary N) is 1. The SMILES string of the molecule is CCN(CC)C(CC)(CC)C(C)NN. The molecule has 0 aromatic rings. The second-order valence-corrected chi connectivity index (χ2v) is 3.87. The second-order valence-electron chi connectivity index (χ2n) is 3.87. The van der Waals surface area contributed by atoms with Gasteiger partial charge in [-0.25, -0.2) is 0 Å². The fourth-order valence-corrected chi connectivity index (χ4v) is 2.59. The van der Waals surface area contributed by atoms with E-state index in [9.17, 15) is 0 Å². The lowest BCUT2D eigenvalue weighted by atomic mass is 9.83. The number of hydrogen-bond donors (Lipinski definition) is 2. The molecule has 0 saturated heterocycles. The molecule has 0 saturated carbocycles. The summed E-state index contributed by atoms with van der Waals surface area (Å²) in [5.41, 5.74) is 3.12. The zero-order chi connectivity index (χ0) is 11.2. The van der Waals surface area contributed by atoms with Crippen molar-refractivity contribution in [3.05, 3.63) is 0 Å². The maximum Gasteiger partial charge on any atom is 0.0367 e. The van der Waals surface area contributed by atoms with Gasteiger partial charge in [0.2, 0.25) is 0 Å². The molecule has 14 heavy (non-hydrogen) atoms. The molecule has 0 aliphatic carbocycles. The van der Waals surface area contributed by atoms with Crippen molar-refractivity contribution in [1.82, 2.24) is 10.3 Å². The van der Waals surface area contributed by atoms with Crippen LogP contribution in [0.2, 0.25) is 0 Å². The Morgan fingerprint density at radius 3 is 1.79 bits per heavy atom. The number of likely N-dealkylation sites (N-methyl/N-ethyl adjacent to an activating group) is 1. The van der Waals surface area contributed by atoms with E-state index in [0.717, 1.165) is 25.9 Å². The lowest BCUT2D eigenvalue weighted by Gasteiger charge is -2.46. The minimum atomic E-state index is 0.207. The summed E-state index contributed by atoms with van der Waals surface area (Å²) in [6.45, 7) is 13.3. The van der Waals surface area contributed by atoms with Crippen molar-refractivity contribution < 1.29 is 0 Å². The first-order valence-electron chi connectivity index (χ1n) is 5.83. The first-order chi connectivity index (χ1) is 6.62. The lowest BCUT2D eigenvalue weighted by Crippen LogP contribution is -2.61. The van der Waals surface area contributed by atoms with Gasteiger partial charge in [0.1, 0.15) is 0 Å². The lowest BCUT2D eigenvalue weighted by molar-refractivity contribution is 0.0556. The molecule has 0 spiro atoms. The maximum atomic E-state index is 5.58. The topological polar surface area (TPSA) is 41.3 Å². The highest BCUT2D eigenvalue weighted by Crippen LogP contribution is 2.27. The van der Waals surface area contributed by atoms with Gasteiger partial charge < -0.3 is 0 Å². The van der Waals surface area contributed by atoms with Gasteiger partial charge in [0.15, 0.2) is 0 Å². The van der Waals surface area contributed by atoms with E-state index in [1.807, 2.05) is 0 Å². The van der Waals surface area contributed by atoms with Crippen LogP contribution >= 0.6 is 0 Å². The summed E-state index contributed by atoms with van der Waals surface area (Å²) in [6.07, 6.45) is 2.27. The minimum absolute atomic E-state index is 0.207. The Hall–Kier alpha value is -0.120. The molecule has 0 amide bonds. The van der Waals surface area contributed by atoms with E-state index in [2.05, 4.69) is 44.9 Å². The Kier molecular flexibility index (Phi) is 6.33. The third kappa shape index (κ3) is 2.47. The molecular formula is C11H27N3. The summed E-state index contributed by atoms with van der Waals surface area (Å²) in [7, 11) is 0. The standard InChI is InChI=1S/C11H27N3/c1-6-11(7-2,10(5)13-12)14(8-3)9-4/h10,13H,6-9,12H2,1-5H3. The van der Waals surface area contributed by atoms with Gasteiger partial charge in [-0.05, 0) is 32.9 Å². The molecule has 0 aliphatic heterocycles. The van der Waals surface area contributed by atoms with Crippen LogP contribution in [0.4, 0.5) is 0 Å². The first-order valence-corrected chi connectivity index (χ1v) is 5.83. The van der Waals surface area contributed by atoms with Crippen LogP contribution in [0.15, 0.2) is 0 Å². The van der Waals surface area contributed by atoms with Gasteiger partial charge in [0, 0.05) is 11.6 Å². The predicted molar refractivity (Wildman–Crippen MR) is 63.0 cm³/mol. The van der Waals surface area contributed by atoms with E-state index >= 15 is 0 Å². The number of nitrogens with zero attached hydrogens (tertiary/aromatic N) is 1. The molecule has 0 fully saturated rings. The van der Waals surface area contributed by atoms with Crippen molar-refractivity contribution in [2.75, 3.05) is 13.1 Å². The Morgan fingerprint density at radius 1 is 1.14 bits per heavy atom. The quantitative estimate of drug-likeness (QED) is 0.487. The molecule has 0 heterocycles. The fraction of sp³-hybridized carbons (Fsp3) is 1.00. The van der Waals surface area contributed by atoms with Gasteiger partial charge in [-0.15, -0.1) is 0 Å². The molecule has 1 unspecified atom stereocenters. The first kappa shape index (κ1) is 13.9. The van der Waals surface area contributed by atoms with E-state index in [-0.39, 0.29) is 5.54 Å². The maximum absolute atomic E-state index is 5.58. The average molecular weight is 201 g/mol. The molecule has 3 heteroatoms. The van der Waals surface area contributed by atoms with Crippen LogP contribution in [0.3, 0.4) is 0 Å². The number of nitrogens with two attached hydrogens (primary N) is 1. The molecular weight excluding hydrogens is 174 g/mol. The van der Waals surface area contributed by atoms with Crippen molar-refractivity contribution in [3.8, 4) is 0 Å². The van der Waals surface area contributed by atoms with E-state index in [1.54, 1.807) is 0 Å².